The summed E-state index contributed by atoms with van der Waals surface area (Å²) in [4.78, 5) is 22.5. The summed E-state index contributed by atoms with van der Waals surface area (Å²) in [5.41, 5.74) is 0.697. The van der Waals surface area contributed by atoms with Crippen molar-refractivity contribution in [1.29, 1.82) is 0 Å². The van der Waals surface area contributed by atoms with Gasteiger partial charge in [0, 0.05) is 17.5 Å². The van der Waals surface area contributed by atoms with Crippen LogP contribution in [0.25, 0.3) is 0 Å². The fourth-order valence-corrected chi connectivity index (χ4v) is 2.01. The molecule has 0 saturated heterocycles. The number of halogens is 1. The maximum absolute atomic E-state index is 12.8. The third-order valence-corrected chi connectivity index (χ3v) is 3.27. The fourth-order valence-electron chi connectivity index (χ4n) is 2.01. The predicted molar refractivity (Wildman–Crippen MR) is 83.0 cm³/mol. The van der Waals surface area contributed by atoms with Crippen molar-refractivity contribution in [1.82, 2.24) is 0 Å². The molecular formula is C17H16FNO4. The second-order valence-electron chi connectivity index (χ2n) is 5.37. The molecule has 0 heterocycles. The number of Topliss-reactive ketones (excluding diaryl/α,β-unsaturated/α-hetero) is 1. The lowest BCUT2D eigenvalue weighted by molar-refractivity contribution is -0.386. The van der Waals surface area contributed by atoms with E-state index in [4.69, 9.17) is 4.74 Å². The summed E-state index contributed by atoms with van der Waals surface area (Å²) in [6.45, 7) is 3.53. The Kier molecular flexibility index (Phi) is 5.05. The molecule has 2 rings (SSSR count). The number of carbonyl (C=O) groups is 1. The molecule has 0 N–H and O–H groups in total. The molecule has 0 aliphatic heterocycles. The van der Waals surface area contributed by atoms with E-state index in [2.05, 4.69) is 0 Å². The average molecular weight is 317 g/mol. The first-order valence-corrected chi connectivity index (χ1v) is 7.08. The van der Waals surface area contributed by atoms with Gasteiger partial charge in [0.15, 0.2) is 11.5 Å². The van der Waals surface area contributed by atoms with E-state index in [0.717, 1.165) is 0 Å². The minimum absolute atomic E-state index is 0.0680. The Morgan fingerprint density at radius 3 is 2.43 bits per heavy atom. The highest BCUT2D eigenvalue weighted by molar-refractivity contribution is 5.98. The Bertz CT molecular complexity index is 726. The second kappa shape index (κ2) is 7.00. The largest absolute Gasteiger partial charge is 0.482 e. The topological polar surface area (TPSA) is 69.4 Å². The van der Waals surface area contributed by atoms with Crippen LogP contribution >= 0.6 is 0 Å². The molecule has 0 aromatic heterocycles. The van der Waals surface area contributed by atoms with Crippen LogP contribution in [0.5, 0.6) is 5.75 Å². The van der Waals surface area contributed by atoms with Crippen LogP contribution in [0.4, 0.5) is 10.1 Å². The van der Waals surface area contributed by atoms with Crippen LogP contribution < -0.4 is 4.74 Å². The van der Waals surface area contributed by atoms with Crippen LogP contribution in [-0.4, -0.2) is 10.7 Å². The van der Waals surface area contributed by atoms with Crippen LogP contribution in [0.2, 0.25) is 0 Å². The van der Waals surface area contributed by atoms with Crippen molar-refractivity contribution in [3.05, 3.63) is 69.5 Å². The lowest BCUT2D eigenvalue weighted by Crippen LogP contribution is -2.08. The first kappa shape index (κ1) is 16.6. The summed E-state index contributed by atoms with van der Waals surface area (Å²) >= 11 is 0. The summed E-state index contributed by atoms with van der Waals surface area (Å²) in [7, 11) is 0. The van der Waals surface area contributed by atoms with Gasteiger partial charge in [-0.2, -0.15) is 0 Å². The monoisotopic (exact) mass is 317 g/mol. The van der Waals surface area contributed by atoms with E-state index in [1.54, 1.807) is 13.8 Å². The molecule has 0 spiro atoms. The van der Waals surface area contributed by atoms with Gasteiger partial charge in [-0.15, -0.1) is 0 Å². The molecular weight excluding hydrogens is 301 g/mol. The summed E-state index contributed by atoms with van der Waals surface area (Å²) < 4.78 is 18.3. The third kappa shape index (κ3) is 4.12. The highest BCUT2D eigenvalue weighted by Crippen LogP contribution is 2.29. The molecule has 120 valence electrons. The number of rotatable bonds is 6. The summed E-state index contributed by atoms with van der Waals surface area (Å²) in [6.07, 6.45) is 0. The molecule has 6 heteroatoms. The Hall–Kier alpha value is -2.76. The highest BCUT2D eigenvalue weighted by atomic mass is 19.1. The van der Waals surface area contributed by atoms with Crippen LogP contribution in [0, 0.1) is 21.8 Å². The SMILES string of the molecule is CC(C)C(=O)c1ccc(OCc2ccc(F)cc2)c([N+](=O)[O-])c1. The minimum Gasteiger partial charge on any atom is -0.482 e. The number of nitrogens with zero attached hydrogens (tertiary/aromatic N) is 1. The minimum atomic E-state index is -0.586. The van der Waals surface area contributed by atoms with E-state index in [1.807, 2.05) is 0 Å². The molecule has 0 amide bonds. The lowest BCUT2D eigenvalue weighted by Gasteiger charge is -2.09. The third-order valence-electron chi connectivity index (χ3n) is 3.27. The lowest BCUT2D eigenvalue weighted by atomic mass is 10.0. The van der Waals surface area contributed by atoms with Gasteiger partial charge >= 0.3 is 5.69 Å². The number of nitro benzene ring substituents is 1. The van der Waals surface area contributed by atoms with Crippen molar-refractivity contribution in [3.8, 4) is 5.75 Å². The number of ketones is 1. The normalized spacial score (nSPS) is 10.6. The number of nitro groups is 1. The smallest absolute Gasteiger partial charge is 0.311 e. The van der Waals surface area contributed by atoms with Crippen LogP contribution in [0.1, 0.15) is 29.8 Å². The zero-order valence-corrected chi connectivity index (χ0v) is 12.8. The van der Waals surface area contributed by atoms with Crippen LogP contribution in [0.3, 0.4) is 0 Å². The van der Waals surface area contributed by atoms with Gasteiger partial charge in [0.05, 0.1) is 4.92 Å². The molecule has 0 radical (unpaired) electrons. The number of ether oxygens (including phenoxy) is 1. The van der Waals surface area contributed by atoms with Gasteiger partial charge in [0.1, 0.15) is 12.4 Å². The van der Waals surface area contributed by atoms with Gasteiger partial charge < -0.3 is 4.74 Å². The van der Waals surface area contributed by atoms with Crippen molar-refractivity contribution in [2.45, 2.75) is 20.5 Å². The molecule has 0 aliphatic carbocycles. The van der Waals surface area contributed by atoms with Gasteiger partial charge in [-0.1, -0.05) is 26.0 Å². The van der Waals surface area contributed by atoms with E-state index in [0.29, 0.717) is 5.56 Å². The summed E-state index contributed by atoms with van der Waals surface area (Å²) in [5, 5.41) is 11.2. The standard InChI is InChI=1S/C17H16FNO4/c1-11(2)17(20)13-5-8-16(15(9-13)19(21)22)23-10-12-3-6-14(18)7-4-12/h3-9,11H,10H2,1-2H3. The van der Waals surface area contributed by atoms with Gasteiger partial charge in [-0.3, -0.25) is 14.9 Å². The molecule has 2 aromatic rings. The van der Waals surface area contributed by atoms with Crippen molar-refractivity contribution in [2.75, 3.05) is 0 Å². The number of hydrogen-bond donors (Lipinski definition) is 0. The maximum atomic E-state index is 12.8. The molecule has 0 saturated carbocycles. The van der Waals surface area contributed by atoms with Crippen LogP contribution in [0.15, 0.2) is 42.5 Å². The molecule has 0 bridgehead atoms. The Morgan fingerprint density at radius 1 is 1.22 bits per heavy atom. The zero-order chi connectivity index (χ0) is 17.0. The van der Waals surface area contributed by atoms with Gasteiger partial charge in [0.2, 0.25) is 0 Å². The van der Waals surface area contributed by atoms with Gasteiger partial charge in [-0.25, -0.2) is 4.39 Å². The first-order valence-electron chi connectivity index (χ1n) is 7.08. The average Bonchev–Trinajstić information content (AvgIpc) is 2.53. The quantitative estimate of drug-likeness (QED) is 0.456. The van der Waals surface area contributed by atoms with Crippen molar-refractivity contribution < 1.29 is 18.8 Å². The molecule has 0 unspecified atom stereocenters. The van der Waals surface area contributed by atoms with Crippen molar-refractivity contribution in [3.63, 3.8) is 0 Å². The Morgan fingerprint density at radius 2 is 1.87 bits per heavy atom. The molecule has 23 heavy (non-hydrogen) atoms. The molecule has 0 atom stereocenters. The van der Waals surface area contributed by atoms with Crippen molar-refractivity contribution in [2.24, 2.45) is 5.92 Å². The first-order chi connectivity index (χ1) is 10.9. The van der Waals surface area contributed by atoms with Crippen LogP contribution in [-0.2, 0) is 6.61 Å². The number of carbonyl (C=O) groups excluding carboxylic acids is 1. The van der Waals surface area contributed by atoms with E-state index in [1.165, 1.54) is 42.5 Å². The van der Waals surface area contributed by atoms with E-state index >= 15 is 0 Å². The predicted octanol–water partition coefficient (Wildman–Crippen LogP) is 4.15. The highest BCUT2D eigenvalue weighted by Gasteiger charge is 2.20. The van der Waals surface area contributed by atoms with Gasteiger partial charge in [-0.05, 0) is 29.8 Å². The van der Waals surface area contributed by atoms with E-state index in [9.17, 15) is 19.3 Å². The van der Waals surface area contributed by atoms with E-state index in [-0.39, 0.29) is 41.1 Å². The summed E-state index contributed by atoms with van der Waals surface area (Å²) in [5.74, 6) is -0.713. The maximum Gasteiger partial charge on any atom is 0.311 e. The fraction of sp³-hybridized carbons (Fsp3) is 0.235. The summed E-state index contributed by atoms with van der Waals surface area (Å²) in [6, 6.07) is 9.81. The zero-order valence-electron chi connectivity index (χ0n) is 12.8. The molecule has 0 fully saturated rings. The molecule has 0 aliphatic rings. The Balaban J connectivity index is 2.22. The Labute approximate surface area is 132 Å². The number of benzene rings is 2. The van der Waals surface area contributed by atoms with E-state index < -0.39 is 4.92 Å². The number of hydrogen-bond acceptors (Lipinski definition) is 4. The van der Waals surface area contributed by atoms with Gasteiger partial charge in [0.25, 0.3) is 0 Å². The van der Waals surface area contributed by atoms with Crippen molar-refractivity contribution >= 4 is 11.5 Å². The second-order valence-corrected chi connectivity index (χ2v) is 5.37. The molecule has 2 aromatic carbocycles. The molecule has 5 nitrogen and oxygen atoms in total.